The van der Waals surface area contributed by atoms with Crippen molar-refractivity contribution in [1.29, 1.82) is 0 Å². The Balaban J connectivity index is 2.69. The highest BCUT2D eigenvalue weighted by Gasteiger charge is 2.30. The molecule has 3 N–H and O–H groups in total. The minimum Gasteiger partial charge on any atom is -0.399 e. The molecule has 0 aliphatic heterocycles. The molecule has 5 heteroatoms. The van der Waals surface area contributed by atoms with Crippen LogP contribution in [0.5, 0.6) is 0 Å². The monoisotopic (exact) mass is 296 g/mol. The van der Waals surface area contributed by atoms with Gasteiger partial charge in [-0.2, -0.15) is 0 Å². The van der Waals surface area contributed by atoms with Crippen LogP contribution in [0.25, 0.3) is 0 Å². The van der Waals surface area contributed by atoms with E-state index in [0.717, 1.165) is 5.56 Å². The Hall–Kier alpha value is -1.36. The number of nitrogens with two attached hydrogens (primary N) is 1. The zero-order valence-corrected chi connectivity index (χ0v) is 13.4. The van der Waals surface area contributed by atoms with E-state index in [-0.39, 0.29) is 11.9 Å². The summed E-state index contributed by atoms with van der Waals surface area (Å²) in [4.78, 5) is 12.4. The van der Waals surface area contributed by atoms with Crippen LogP contribution in [0.3, 0.4) is 0 Å². The summed E-state index contributed by atoms with van der Waals surface area (Å²) in [7, 11) is -0.826. The SMILES string of the molecule is CC(CCS(C)=O)NC(=O)C(C)(C)c1ccc(N)cc1. The van der Waals surface area contributed by atoms with Gasteiger partial charge in [0, 0.05) is 34.5 Å². The molecule has 112 valence electrons. The van der Waals surface area contributed by atoms with Crippen molar-refractivity contribution in [2.75, 3.05) is 17.7 Å². The summed E-state index contributed by atoms with van der Waals surface area (Å²) < 4.78 is 11.1. The maximum absolute atomic E-state index is 12.4. The number of benzene rings is 1. The highest BCUT2D eigenvalue weighted by atomic mass is 32.2. The summed E-state index contributed by atoms with van der Waals surface area (Å²) in [5, 5.41) is 2.98. The molecule has 0 bridgehead atoms. The first-order chi connectivity index (χ1) is 9.23. The lowest BCUT2D eigenvalue weighted by atomic mass is 9.83. The lowest BCUT2D eigenvalue weighted by Crippen LogP contribution is -2.44. The molecule has 4 nitrogen and oxygen atoms in total. The third-order valence-electron chi connectivity index (χ3n) is 3.42. The lowest BCUT2D eigenvalue weighted by Gasteiger charge is -2.26. The maximum Gasteiger partial charge on any atom is 0.230 e. The van der Waals surface area contributed by atoms with Crippen molar-refractivity contribution in [3.63, 3.8) is 0 Å². The van der Waals surface area contributed by atoms with Gasteiger partial charge in [0.2, 0.25) is 5.91 Å². The second-order valence-corrected chi connectivity index (χ2v) is 7.24. The molecule has 2 unspecified atom stereocenters. The summed E-state index contributed by atoms with van der Waals surface area (Å²) in [6.07, 6.45) is 2.39. The smallest absolute Gasteiger partial charge is 0.230 e. The molecule has 2 atom stereocenters. The molecule has 0 saturated heterocycles. The number of carbonyl (C=O) groups is 1. The second-order valence-electron chi connectivity index (χ2n) is 5.69. The zero-order chi connectivity index (χ0) is 15.3. The van der Waals surface area contributed by atoms with E-state index in [9.17, 15) is 9.00 Å². The number of anilines is 1. The van der Waals surface area contributed by atoms with E-state index in [0.29, 0.717) is 17.9 Å². The van der Waals surface area contributed by atoms with Crippen LogP contribution < -0.4 is 11.1 Å². The summed E-state index contributed by atoms with van der Waals surface area (Å²) in [5.41, 5.74) is 6.66. The molecule has 1 aromatic rings. The van der Waals surface area contributed by atoms with Crippen LogP contribution in [-0.2, 0) is 21.0 Å². The van der Waals surface area contributed by atoms with E-state index in [1.165, 1.54) is 0 Å². The van der Waals surface area contributed by atoms with Gasteiger partial charge in [-0.3, -0.25) is 9.00 Å². The van der Waals surface area contributed by atoms with Crippen LogP contribution in [0, 0.1) is 0 Å². The molecule has 0 spiro atoms. The molecule has 0 aromatic heterocycles. The van der Waals surface area contributed by atoms with Gasteiger partial charge in [-0.25, -0.2) is 0 Å². The summed E-state index contributed by atoms with van der Waals surface area (Å²) in [5.74, 6) is 0.570. The van der Waals surface area contributed by atoms with Gasteiger partial charge in [0.15, 0.2) is 0 Å². The quantitative estimate of drug-likeness (QED) is 0.787. The van der Waals surface area contributed by atoms with Crippen molar-refractivity contribution < 1.29 is 9.00 Å². The van der Waals surface area contributed by atoms with Gasteiger partial charge in [0.05, 0.1) is 5.41 Å². The molecular weight excluding hydrogens is 272 g/mol. The van der Waals surface area contributed by atoms with Crippen molar-refractivity contribution in [2.24, 2.45) is 0 Å². The van der Waals surface area contributed by atoms with Crippen LogP contribution in [0.4, 0.5) is 5.69 Å². The van der Waals surface area contributed by atoms with E-state index in [1.54, 1.807) is 18.4 Å². The molecule has 0 aliphatic rings. The van der Waals surface area contributed by atoms with Crippen molar-refractivity contribution in [1.82, 2.24) is 5.32 Å². The highest BCUT2D eigenvalue weighted by molar-refractivity contribution is 7.84. The van der Waals surface area contributed by atoms with Gasteiger partial charge >= 0.3 is 0 Å². The third kappa shape index (κ3) is 4.63. The minimum absolute atomic E-state index is 0.0134. The van der Waals surface area contributed by atoms with E-state index in [4.69, 9.17) is 5.73 Å². The van der Waals surface area contributed by atoms with Gasteiger partial charge in [0.1, 0.15) is 0 Å². The van der Waals surface area contributed by atoms with E-state index < -0.39 is 16.2 Å². The fourth-order valence-corrected chi connectivity index (χ4v) is 2.54. The number of hydrogen-bond donors (Lipinski definition) is 2. The van der Waals surface area contributed by atoms with Gasteiger partial charge in [0.25, 0.3) is 0 Å². The Bertz CT molecular complexity index is 483. The molecule has 0 aliphatic carbocycles. The van der Waals surface area contributed by atoms with Gasteiger partial charge in [-0.1, -0.05) is 12.1 Å². The van der Waals surface area contributed by atoms with E-state index in [2.05, 4.69) is 5.32 Å². The topological polar surface area (TPSA) is 72.2 Å². The molecule has 1 aromatic carbocycles. The van der Waals surface area contributed by atoms with Gasteiger partial charge in [-0.05, 0) is 44.9 Å². The fourth-order valence-electron chi connectivity index (χ4n) is 1.85. The third-order valence-corrected chi connectivity index (χ3v) is 4.23. The van der Waals surface area contributed by atoms with Gasteiger partial charge in [-0.15, -0.1) is 0 Å². The Morgan fingerprint density at radius 2 is 1.90 bits per heavy atom. The minimum atomic E-state index is -0.826. The Labute approximate surface area is 123 Å². The number of hydrogen-bond acceptors (Lipinski definition) is 3. The molecule has 0 fully saturated rings. The van der Waals surface area contributed by atoms with Crippen molar-refractivity contribution in [2.45, 2.75) is 38.6 Å². The lowest BCUT2D eigenvalue weighted by molar-refractivity contribution is -0.126. The van der Waals surface area contributed by atoms with Crippen LogP contribution in [-0.4, -0.2) is 28.2 Å². The predicted molar refractivity (Wildman–Crippen MR) is 85.0 cm³/mol. The van der Waals surface area contributed by atoms with Crippen LogP contribution in [0.1, 0.15) is 32.8 Å². The molecule has 0 radical (unpaired) electrons. The maximum atomic E-state index is 12.4. The van der Waals surface area contributed by atoms with E-state index >= 15 is 0 Å². The standard InChI is InChI=1S/C15H24N2O2S/c1-11(9-10-20(4)19)17-14(18)15(2,3)12-5-7-13(16)8-6-12/h5-8,11H,9-10,16H2,1-4H3,(H,17,18). The average molecular weight is 296 g/mol. The predicted octanol–water partition coefficient (Wildman–Crippen LogP) is 1.82. The first kappa shape index (κ1) is 16.7. The summed E-state index contributed by atoms with van der Waals surface area (Å²) in [6, 6.07) is 7.36. The van der Waals surface area contributed by atoms with Crippen molar-refractivity contribution in [3.05, 3.63) is 29.8 Å². The van der Waals surface area contributed by atoms with Crippen LogP contribution in [0.15, 0.2) is 24.3 Å². The first-order valence-electron chi connectivity index (χ1n) is 6.70. The van der Waals surface area contributed by atoms with Crippen LogP contribution in [0.2, 0.25) is 0 Å². The van der Waals surface area contributed by atoms with Gasteiger partial charge < -0.3 is 11.1 Å². The van der Waals surface area contributed by atoms with E-state index in [1.807, 2.05) is 32.9 Å². The number of rotatable bonds is 6. The summed E-state index contributed by atoms with van der Waals surface area (Å²) in [6.45, 7) is 5.71. The number of nitrogen functional groups attached to an aromatic ring is 1. The fraction of sp³-hybridized carbons (Fsp3) is 0.533. The average Bonchev–Trinajstić information content (AvgIpc) is 2.36. The molecule has 20 heavy (non-hydrogen) atoms. The first-order valence-corrected chi connectivity index (χ1v) is 8.43. The highest BCUT2D eigenvalue weighted by Crippen LogP contribution is 2.24. The van der Waals surface area contributed by atoms with Crippen molar-refractivity contribution >= 4 is 22.4 Å². The molecule has 1 amide bonds. The molecule has 1 rings (SSSR count). The summed E-state index contributed by atoms with van der Waals surface area (Å²) >= 11 is 0. The normalized spacial score (nSPS) is 14.6. The number of amides is 1. The zero-order valence-electron chi connectivity index (χ0n) is 12.6. The number of carbonyl (C=O) groups excluding carboxylic acids is 1. The Kier molecular flexibility index (Phi) is 5.74. The van der Waals surface area contributed by atoms with Crippen molar-refractivity contribution in [3.8, 4) is 0 Å². The Morgan fingerprint density at radius 1 is 1.35 bits per heavy atom. The molecule has 0 saturated carbocycles. The largest absolute Gasteiger partial charge is 0.399 e. The second kappa shape index (κ2) is 6.88. The Morgan fingerprint density at radius 3 is 2.40 bits per heavy atom. The molecule has 0 heterocycles. The molecular formula is C15H24N2O2S. The number of nitrogens with one attached hydrogen (secondary N) is 1. The van der Waals surface area contributed by atoms with Crippen LogP contribution >= 0.6 is 0 Å².